The van der Waals surface area contributed by atoms with Gasteiger partial charge in [0.15, 0.2) is 0 Å². The average molecular weight is 509 g/mol. The molecule has 186 valence electrons. The summed E-state index contributed by atoms with van der Waals surface area (Å²) in [6, 6.07) is 11.6. The summed E-state index contributed by atoms with van der Waals surface area (Å²) in [6.45, 7) is 7.03. The second-order valence-electron chi connectivity index (χ2n) is 8.27. The van der Waals surface area contributed by atoms with Crippen LogP contribution in [0.3, 0.4) is 0 Å². The Bertz CT molecular complexity index is 1140. The highest BCUT2D eigenvalue weighted by atomic mass is 35.5. The summed E-state index contributed by atoms with van der Waals surface area (Å²) >= 11 is 6.32. The molecule has 1 N–H and O–H groups in total. The average Bonchev–Trinajstić information content (AvgIpc) is 2.78. The Labute approximate surface area is 207 Å². The van der Waals surface area contributed by atoms with Crippen LogP contribution in [0.1, 0.15) is 30.5 Å². The van der Waals surface area contributed by atoms with Crippen LogP contribution in [0.2, 0.25) is 5.02 Å². The number of nitrogens with one attached hydrogen (secondary N) is 1. The van der Waals surface area contributed by atoms with Gasteiger partial charge in [-0.25, -0.2) is 4.31 Å². The van der Waals surface area contributed by atoms with Crippen molar-refractivity contribution in [3.8, 4) is 0 Å². The number of benzene rings is 2. The van der Waals surface area contributed by atoms with Crippen LogP contribution in [0.25, 0.3) is 0 Å². The highest BCUT2D eigenvalue weighted by Crippen LogP contribution is 2.26. The van der Waals surface area contributed by atoms with Gasteiger partial charge in [-0.05, 0) is 56.5 Å². The third-order valence-corrected chi connectivity index (χ3v) is 7.64. The molecule has 0 aliphatic rings. The zero-order valence-corrected chi connectivity index (χ0v) is 22.1. The van der Waals surface area contributed by atoms with E-state index in [0.717, 1.165) is 14.2 Å². The first-order valence-electron chi connectivity index (χ1n) is 11.0. The van der Waals surface area contributed by atoms with Gasteiger partial charge >= 0.3 is 10.2 Å². The number of carbonyl (C=O) groups excluding carboxylic acids is 2. The fourth-order valence-corrected chi connectivity index (χ4v) is 4.71. The number of rotatable bonds is 10. The molecule has 0 aliphatic heterocycles. The maximum absolute atomic E-state index is 13.6. The fourth-order valence-electron chi connectivity index (χ4n) is 3.40. The molecule has 0 aliphatic carbocycles. The Hall–Kier alpha value is -2.62. The monoisotopic (exact) mass is 508 g/mol. The Balaban J connectivity index is 2.52. The minimum Gasteiger partial charge on any atom is -0.355 e. The van der Waals surface area contributed by atoms with Crippen molar-refractivity contribution >= 4 is 39.3 Å². The lowest BCUT2D eigenvalue weighted by molar-refractivity contribution is -0.139. The van der Waals surface area contributed by atoms with E-state index in [4.69, 9.17) is 11.6 Å². The van der Waals surface area contributed by atoms with E-state index in [1.165, 1.54) is 19.0 Å². The van der Waals surface area contributed by atoms with Crippen LogP contribution >= 0.6 is 11.6 Å². The smallest absolute Gasteiger partial charge is 0.304 e. The zero-order valence-electron chi connectivity index (χ0n) is 20.5. The normalized spacial score (nSPS) is 12.4. The second-order valence-corrected chi connectivity index (χ2v) is 10.7. The van der Waals surface area contributed by atoms with Gasteiger partial charge in [0.25, 0.3) is 0 Å². The van der Waals surface area contributed by atoms with Crippen molar-refractivity contribution in [3.63, 3.8) is 0 Å². The van der Waals surface area contributed by atoms with Crippen LogP contribution in [0, 0.1) is 13.8 Å². The topological polar surface area (TPSA) is 90.0 Å². The van der Waals surface area contributed by atoms with Crippen molar-refractivity contribution in [1.82, 2.24) is 14.5 Å². The summed E-state index contributed by atoms with van der Waals surface area (Å²) in [4.78, 5) is 27.6. The summed E-state index contributed by atoms with van der Waals surface area (Å²) in [6.07, 6.45) is 0. The highest BCUT2D eigenvalue weighted by molar-refractivity contribution is 7.90. The number of likely N-dealkylation sites (N-methyl/N-ethyl adjacent to an activating group) is 1. The molecule has 2 aromatic carbocycles. The van der Waals surface area contributed by atoms with Crippen molar-refractivity contribution < 1.29 is 18.0 Å². The predicted octanol–water partition coefficient (Wildman–Crippen LogP) is 3.12. The molecule has 8 nitrogen and oxygen atoms in total. The number of nitrogens with zero attached hydrogens (tertiary/aromatic N) is 3. The number of hydrogen-bond acceptors (Lipinski definition) is 4. The van der Waals surface area contributed by atoms with Crippen LogP contribution in [-0.4, -0.2) is 62.7 Å². The Kier molecular flexibility index (Phi) is 9.49. The van der Waals surface area contributed by atoms with Gasteiger partial charge in [-0.1, -0.05) is 41.9 Å². The van der Waals surface area contributed by atoms with Crippen molar-refractivity contribution in [1.29, 1.82) is 0 Å². The van der Waals surface area contributed by atoms with E-state index in [9.17, 15) is 18.0 Å². The largest absolute Gasteiger partial charge is 0.355 e. The molecule has 2 amide bonds. The van der Waals surface area contributed by atoms with Crippen molar-refractivity contribution in [3.05, 3.63) is 64.2 Å². The molecule has 0 saturated heterocycles. The number of hydrogen-bond donors (Lipinski definition) is 1. The molecule has 1 atom stereocenters. The molecular weight excluding hydrogens is 476 g/mol. The van der Waals surface area contributed by atoms with E-state index in [0.29, 0.717) is 28.4 Å². The van der Waals surface area contributed by atoms with Gasteiger partial charge in [-0.3, -0.25) is 9.59 Å². The number of carbonyl (C=O) groups is 2. The number of aryl methyl sites for hydroxylation is 2. The lowest BCUT2D eigenvalue weighted by Crippen LogP contribution is -2.52. The summed E-state index contributed by atoms with van der Waals surface area (Å²) < 4.78 is 28.7. The van der Waals surface area contributed by atoms with Crippen LogP contribution < -0.4 is 9.62 Å². The van der Waals surface area contributed by atoms with Crippen LogP contribution in [0.15, 0.2) is 42.5 Å². The summed E-state index contributed by atoms with van der Waals surface area (Å²) in [7, 11) is -1.18. The molecule has 34 heavy (non-hydrogen) atoms. The van der Waals surface area contributed by atoms with E-state index in [-0.39, 0.29) is 12.5 Å². The van der Waals surface area contributed by atoms with Crippen LogP contribution in [-0.2, 0) is 26.3 Å². The molecular formula is C24H33ClN4O4S. The van der Waals surface area contributed by atoms with Crippen molar-refractivity contribution in [2.24, 2.45) is 0 Å². The third-order valence-electron chi connectivity index (χ3n) is 5.47. The Morgan fingerprint density at radius 2 is 1.74 bits per heavy atom. The van der Waals surface area contributed by atoms with Gasteiger partial charge in [0.1, 0.15) is 12.6 Å². The highest BCUT2D eigenvalue weighted by Gasteiger charge is 2.33. The number of amides is 2. The van der Waals surface area contributed by atoms with E-state index < -0.39 is 28.7 Å². The first kappa shape index (κ1) is 27.6. The molecule has 2 aromatic rings. The molecule has 0 fully saturated rings. The molecule has 0 heterocycles. The quantitative estimate of drug-likeness (QED) is 0.534. The molecule has 0 saturated carbocycles. The fraction of sp³-hybridized carbons (Fsp3) is 0.417. The van der Waals surface area contributed by atoms with Gasteiger partial charge in [-0.15, -0.1) is 0 Å². The third kappa shape index (κ3) is 6.49. The van der Waals surface area contributed by atoms with E-state index in [1.54, 1.807) is 51.1 Å². The maximum atomic E-state index is 13.6. The minimum absolute atomic E-state index is 0.0550. The first-order valence-corrected chi connectivity index (χ1v) is 12.8. The standard InChI is InChI=1S/C24H33ClN4O4S/c1-7-26-24(31)19(4)28(15-20-10-8-9-11-21(20)25)23(30)16-29(34(32,33)27(5)6)22-14-17(2)12-13-18(22)3/h8-14,19H,7,15-16H2,1-6H3,(H,26,31)/t19-/m0/s1. The summed E-state index contributed by atoms with van der Waals surface area (Å²) in [5.41, 5.74) is 2.63. The molecule has 0 spiro atoms. The lowest BCUT2D eigenvalue weighted by Gasteiger charge is -2.33. The van der Waals surface area contributed by atoms with Crippen LogP contribution in [0.4, 0.5) is 5.69 Å². The van der Waals surface area contributed by atoms with Gasteiger partial charge in [0, 0.05) is 32.2 Å². The summed E-state index contributed by atoms with van der Waals surface area (Å²) in [5, 5.41) is 3.18. The van der Waals surface area contributed by atoms with Gasteiger partial charge in [0.05, 0.1) is 5.69 Å². The molecule has 0 aromatic heterocycles. The summed E-state index contributed by atoms with van der Waals surface area (Å²) in [5.74, 6) is -0.860. The van der Waals surface area contributed by atoms with E-state index >= 15 is 0 Å². The predicted molar refractivity (Wildman–Crippen MR) is 136 cm³/mol. The number of anilines is 1. The Morgan fingerprint density at radius 3 is 2.32 bits per heavy atom. The molecule has 0 unspecified atom stereocenters. The Morgan fingerprint density at radius 1 is 1.09 bits per heavy atom. The minimum atomic E-state index is -4.00. The number of halogens is 1. The van der Waals surface area contributed by atoms with Crippen molar-refractivity contribution in [2.45, 2.75) is 40.3 Å². The maximum Gasteiger partial charge on any atom is 0.304 e. The van der Waals surface area contributed by atoms with E-state index in [2.05, 4.69) is 5.32 Å². The lowest BCUT2D eigenvalue weighted by atomic mass is 10.1. The molecule has 0 bridgehead atoms. The SMILES string of the molecule is CCNC(=O)[C@H](C)N(Cc1ccccc1Cl)C(=O)CN(c1cc(C)ccc1C)S(=O)(=O)N(C)C. The van der Waals surface area contributed by atoms with E-state index in [1.807, 2.05) is 19.1 Å². The molecule has 10 heteroatoms. The first-order chi connectivity index (χ1) is 15.9. The zero-order chi connectivity index (χ0) is 25.6. The second kappa shape index (κ2) is 11.7. The molecule has 2 rings (SSSR count). The van der Waals surface area contributed by atoms with Gasteiger partial charge in [0.2, 0.25) is 11.8 Å². The van der Waals surface area contributed by atoms with Crippen molar-refractivity contribution in [2.75, 3.05) is 31.5 Å². The van der Waals surface area contributed by atoms with Crippen LogP contribution in [0.5, 0.6) is 0 Å². The molecule has 0 radical (unpaired) electrons. The van der Waals surface area contributed by atoms with Gasteiger partial charge < -0.3 is 10.2 Å². The van der Waals surface area contributed by atoms with Gasteiger partial charge in [-0.2, -0.15) is 12.7 Å².